The summed E-state index contributed by atoms with van der Waals surface area (Å²) in [5, 5.41) is 14.3. The first kappa shape index (κ1) is 70.6. The van der Waals surface area contributed by atoms with Crippen LogP contribution in [-0.2, 0) is 48.1 Å². The van der Waals surface area contributed by atoms with Gasteiger partial charge in [0.1, 0.15) is 11.5 Å². The zero-order valence-electron chi connectivity index (χ0n) is 47.1. The number of nitrogens with two attached hydrogens (primary N) is 1. The first-order chi connectivity index (χ1) is 36.4. The fourth-order valence-electron chi connectivity index (χ4n) is 8.88. The zero-order valence-corrected chi connectivity index (χ0v) is 67.1. The molecule has 0 aliphatic carbocycles. The predicted molar refractivity (Wildman–Crippen MR) is 347 cm³/mol. The second-order valence-corrected chi connectivity index (χ2v) is 22.5. The van der Waals surface area contributed by atoms with Crippen LogP contribution < -0.4 is 11.1 Å². The Balaban J connectivity index is 0.000000282. The molecule has 402 valence electrons. The maximum atomic E-state index is 8.70. The predicted octanol–water partition coefficient (Wildman–Crippen LogP) is 15.6. The van der Waals surface area contributed by atoms with Crippen molar-refractivity contribution in [3.8, 4) is 0 Å². The molecule has 10 nitrogen and oxygen atoms in total. The Kier molecular flexibility index (Phi) is 34.8. The number of hydrogen-bond donors (Lipinski definition) is 3. The van der Waals surface area contributed by atoms with E-state index in [0.29, 0.717) is 17.7 Å². The van der Waals surface area contributed by atoms with Gasteiger partial charge >= 0.3 is 113 Å². The van der Waals surface area contributed by atoms with E-state index < -0.39 is 0 Å². The number of halogens is 3. The summed E-state index contributed by atoms with van der Waals surface area (Å²) >= 11 is 13.0. The first-order valence-corrected chi connectivity index (χ1v) is 83.6. The minimum atomic E-state index is -0.0694. The van der Waals surface area contributed by atoms with Gasteiger partial charge in [0, 0.05) is 40.1 Å². The van der Waals surface area contributed by atoms with Crippen LogP contribution in [-0.4, -0.2) is 123 Å². The van der Waals surface area contributed by atoms with Crippen LogP contribution in [0.5, 0.6) is 0 Å². The molecular weight excluding hydrogens is 1580 g/mol. The number of pyridine rings is 4. The van der Waals surface area contributed by atoms with Gasteiger partial charge in [-0.2, -0.15) is 0 Å². The molecule has 0 bridgehead atoms. The van der Waals surface area contributed by atoms with Crippen molar-refractivity contribution in [2.24, 2.45) is 23.7 Å². The summed E-state index contributed by atoms with van der Waals surface area (Å²) in [6.45, 7) is 25.7. The van der Waals surface area contributed by atoms with Gasteiger partial charge < -0.3 is 15.9 Å². The fourth-order valence-corrected chi connectivity index (χ4v) is 9.94. The number of unbranched alkanes of at least 4 members (excludes halogenated alkanes) is 1. The van der Waals surface area contributed by atoms with Crippen LogP contribution in [0.25, 0.3) is 60.3 Å². The third kappa shape index (κ3) is 21.5. The summed E-state index contributed by atoms with van der Waals surface area (Å²) in [7, 11) is 1.98. The number of benzene rings is 4. The van der Waals surface area contributed by atoms with Crippen molar-refractivity contribution in [1.82, 2.24) is 29.7 Å². The molecule has 0 saturated heterocycles. The molecule has 16 heteroatoms. The van der Waals surface area contributed by atoms with Gasteiger partial charge in [-0.05, 0) is 211 Å². The molecule has 0 aliphatic heterocycles. The van der Waals surface area contributed by atoms with Gasteiger partial charge in [-0.25, -0.2) is 15.2 Å². The molecule has 0 amide bonds. The Labute approximate surface area is 552 Å². The third-order valence-corrected chi connectivity index (χ3v) is 14.8. The molecule has 4 aromatic carbocycles. The van der Waals surface area contributed by atoms with Gasteiger partial charge in [0.25, 0.3) is 0 Å². The van der Waals surface area contributed by atoms with E-state index in [2.05, 4.69) is 212 Å². The Morgan fingerprint density at radius 2 is 1.08 bits per heavy atom. The SMILES string of the molecule is CC(C)Cc1cc(I)c(I)cc1CC(C)C.CCCCNC.Cc1ccc2c(N)nc3ccccc3c2n1.Cc1ccc2c(n1)c1ccccc1n1c3cc(CC(C)C)c(CC(C)C)cc3nc21.O=COO.[Cs][Cs].[Cu][I]. The van der Waals surface area contributed by atoms with E-state index in [1.807, 2.05) is 50.4 Å². The van der Waals surface area contributed by atoms with E-state index in [1.165, 1.54) is 60.4 Å². The van der Waals surface area contributed by atoms with Gasteiger partial charge in [-0.1, -0.05) is 105 Å². The van der Waals surface area contributed by atoms with Crippen LogP contribution in [0.2, 0.25) is 0 Å². The quantitative estimate of drug-likeness (QED) is 0.0207. The Bertz CT molecular complexity index is 3210. The number of aryl methyl sites for hydroxylation is 2. The van der Waals surface area contributed by atoms with E-state index in [9.17, 15) is 0 Å². The van der Waals surface area contributed by atoms with E-state index >= 15 is 0 Å². The van der Waals surface area contributed by atoms with Crippen LogP contribution in [0.1, 0.15) is 109 Å². The molecule has 0 unspecified atom stereocenters. The molecule has 4 N–H and O–H groups in total. The van der Waals surface area contributed by atoms with Crippen molar-refractivity contribution in [2.45, 2.75) is 115 Å². The Morgan fingerprint density at radius 1 is 0.632 bits per heavy atom. The second-order valence-electron chi connectivity index (χ2n) is 20.2. The van der Waals surface area contributed by atoms with Crippen molar-refractivity contribution >= 4 is 212 Å². The number of carbonyl (C=O) groups is 1. The molecule has 5 aromatic heterocycles. The van der Waals surface area contributed by atoms with E-state index in [4.69, 9.17) is 25.8 Å². The van der Waals surface area contributed by atoms with Gasteiger partial charge in [0.05, 0.1) is 33.1 Å². The van der Waals surface area contributed by atoms with E-state index in [-0.39, 0.29) is 6.47 Å². The molecule has 0 radical (unpaired) electrons. The number of nitrogens with zero attached hydrogens (tertiary/aromatic N) is 5. The molecule has 0 aliphatic rings. The van der Waals surface area contributed by atoms with Crippen molar-refractivity contribution in [1.29, 1.82) is 0 Å². The van der Waals surface area contributed by atoms with E-state index in [1.54, 1.807) is 31.5 Å². The van der Waals surface area contributed by atoms with Gasteiger partial charge in [0.2, 0.25) is 0 Å². The zero-order chi connectivity index (χ0) is 56.6. The Morgan fingerprint density at radius 3 is 1.55 bits per heavy atom. The van der Waals surface area contributed by atoms with Gasteiger partial charge in [-0.15, -0.1) is 0 Å². The monoisotopic (exact) mass is 1650 g/mol. The molecule has 9 aromatic rings. The average Bonchev–Trinajstić information content (AvgIpc) is 3.77. The van der Waals surface area contributed by atoms with Crippen LogP contribution in [0.15, 0.2) is 97.1 Å². The molecule has 0 fully saturated rings. The van der Waals surface area contributed by atoms with Crippen molar-refractivity contribution in [2.75, 3.05) is 19.3 Å². The van der Waals surface area contributed by atoms with Crippen LogP contribution in [0, 0.1) is 44.7 Å². The third-order valence-electron chi connectivity index (χ3n) is 11.9. The summed E-state index contributed by atoms with van der Waals surface area (Å²) in [5.74, 6) is 3.27. The molecule has 0 saturated carbocycles. The molecular formula is C60H75Cs2CuI3N7O3. The summed E-state index contributed by atoms with van der Waals surface area (Å²) in [6.07, 6.45) is 7.19. The average molecular weight is 1650 g/mol. The fraction of sp³-hybridized carbons (Fsp3) is 0.383. The number of aromatic nitrogens is 5. The van der Waals surface area contributed by atoms with Crippen LogP contribution >= 0.6 is 65.5 Å². The van der Waals surface area contributed by atoms with Crippen LogP contribution in [0.4, 0.5) is 5.82 Å². The van der Waals surface area contributed by atoms with E-state index in [0.717, 1.165) is 160 Å². The summed E-state index contributed by atoms with van der Waals surface area (Å²) < 4.78 is 5.12. The standard InChI is InChI=1S/C27H29N3.C14H20I2.C13H11N3.C5H13N.CH2O3.2Cs.Cu.HI/c1-16(2)12-19-14-23-25(15-20(19)13-17(3)4)30-24-9-7-6-8-21(24)26-22(27(30)29-23)11-10-18(5)28-26;1-9(2)5-11-7-13(15)14(16)8-12(11)6-10(3)4;1-8-6-7-10-12(15-8)9-4-2-3-5-11(9)16-13(10)14;1-3-4-5-6-2;2-1-4-3;;;;/h6-11,14-17H,12-13H2,1-5H3;7-10H,5-6H2,1-4H3;2-7H,1H3,(H2,14,16);6H,3-5H2,1-2H3;1,3H;;;;1H/q;;;;;;;+1;/p-1. The second kappa shape index (κ2) is 37.5. The summed E-state index contributed by atoms with van der Waals surface area (Å²) in [6, 6.07) is 34.2. The molecule has 0 spiro atoms. The van der Waals surface area contributed by atoms with Crippen molar-refractivity contribution in [3.05, 3.63) is 138 Å². The number of nitrogen functional groups attached to an aromatic ring is 1. The summed E-state index contributed by atoms with van der Waals surface area (Å²) in [4.78, 5) is 30.5. The number of carbonyl (C=O) groups excluding carboxylic acids is 1. The Hall–Kier alpha value is 0.323. The van der Waals surface area contributed by atoms with Gasteiger partial charge in [-0.3, -0.25) is 19.2 Å². The number of hydrogen-bond acceptors (Lipinski definition) is 9. The minimum absolute atomic E-state index is 0.0694. The topological polar surface area (TPSA) is 141 Å². The van der Waals surface area contributed by atoms with Crippen molar-refractivity contribution < 1.29 is 27.7 Å². The number of rotatable bonds is 12. The number of nitrogens with one attached hydrogen (secondary N) is 1. The number of para-hydroxylation sites is 2. The molecule has 0 atom stereocenters. The molecule has 5 heterocycles. The molecule has 9 rings (SSSR count). The van der Waals surface area contributed by atoms with Gasteiger partial charge in [0.15, 0.2) is 0 Å². The number of imidazole rings is 1. The summed E-state index contributed by atoms with van der Waals surface area (Å²) in [5.41, 5.74) is 21.3. The van der Waals surface area contributed by atoms with Crippen LogP contribution in [0.3, 0.4) is 0 Å². The number of anilines is 1. The maximum absolute atomic E-state index is 8.70. The first-order valence-electron chi connectivity index (χ1n) is 26.4. The normalized spacial score (nSPS) is 10.8. The number of fused-ring (bicyclic) bond motifs is 11. The van der Waals surface area contributed by atoms with Crippen molar-refractivity contribution in [3.63, 3.8) is 0 Å². The molecule has 76 heavy (non-hydrogen) atoms.